The van der Waals surface area contributed by atoms with E-state index >= 15 is 0 Å². The third-order valence-corrected chi connectivity index (χ3v) is 7.97. The van der Waals surface area contributed by atoms with Crippen LogP contribution in [-0.4, -0.2) is 86.6 Å². The molecule has 0 unspecified atom stereocenters. The van der Waals surface area contributed by atoms with Crippen molar-refractivity contribution in [3.8, 4) is 23.0 Å². The number of unbranched alkanes of at least 4 members (excludes halogenated alkanes) is 1. The van der Waals surface area contributed by atoms with Gasteiger partial charge in [0.05, 0.1) is 62.0 Å². The van der Waals surface area contributed by atoms with Crippen LogP contribution in [0.5, 0.6) is 23.0 Å². The number of methoxy groups -OCH3 is 2. The first-order chi connectivity index (χ1) is 19.6. The van der Waals surface area contributed by atoms with Gasteiger partial charge < -0.3 is 28.7 Å². The smallest absolute Gasteiger partial charge is 0.256 e. The first-order valence-electron chi connectivity index (χ1n) is 14.0. The molecule has 0 radical (unpaired) electrons. The van der Waals surface area contributed by atoms with Crippen LogP contribution >= 0.6 is 0 Å². The van der Waals surface area contributed by atoms with E-state index in [-0.39, 0.29) is 23.9 Å². The molecule has 2 aromatic rings. The van der Waals surface area contributed by atoms with Gasteiger partial charge in [-0.3, -0.25) is 19.6 Å². The van der Waals surface area contributed by atoms with Crippen molar-refractivity contribution in [1.29, 1.82) is 0 Å². The van der Waals surface area contributed by atoms with Crippen molar-refractivity contribution < 1.29 is 28.5 Å². The van der Waals surface area contributed by atoms with E-state index < -0.39 is 0 Å². The molecular weight excluding hydrogens is 512 g/mol. The van der Waals surface area contributed by atoms with Gasteiger partial charge in [-0.25, -0.2) is 0 Å². The SMILES string of the molecule is COc1cc2c(cc1OCCCCOc1cc3c(cc1OC)C(=O)N1CCC[C@H]1C=N3)N=C[C@@H]1CCCN1C2=O. The molecule has 4 heterocycles. The van der Waals surface area contributed by atoms with Gasteiger partial charge in [-0.1, -0.05) is 0 Å². The van der Waals surface area contributed by atoms with Crippen LogP contribution in [-0.2, 0) is 0 Å². The van der Waals surface area contributed by atoms with Crippen molar-refractivity contribution >= 4 is 35.6 Å². The van der Waals surface area contributed by atoms with Crippen LogP contribution in [0.3, 0.4) is 0 Å². The van der Waals surface area contributed by atoms with Gasteiger partial charge in [-0.2, -0.15) is 0 Å². The zero-order valence-electron chi connectivity index (χ0n) is 22.9. The number of aliphatic imine (C=N–C) groups is 2. The van der Waals surface area contributed by atoms with Crippen LogP contribution < -0.4 is 18.9 Å². The van der Waals surface area contributed by atoms with Gasteiger partial charge in [0.2, 0.25) is 0 Å². The van der Waals surface area contributed by atoms with E-state index in [1.165, 1.54) is 0 Å². The first kappa shape index (κ1) is 26.2. The second-order valence-corrected chi connectivity index (χ2v) is 10.4. The zero-order valence-corrected chi connectivity index (χ0v) is 22.9. The van der Waals surface area contributed by atoms with Crippen LogP contribution in [0.4, 0.5) is 11.4 Å². The van der Waals surface area contributed by atoms with Crippen molar-refractivity contribution in [1.82, 2.24) is 9.80 Å². The summed E-state index contributed by atoms with van der Waals surface area (Å²) in [5, 5.41) is 0. The molecule has 210 valence electrons. The van der Waals surface area contributed by atoms with Gasteiger partial charge >= 0.3 is 0 Å². The van der Waals surface area contributed by atoms with Crippen LogP contribution in [0.25, 0.3) is 0 Å². The summed E-state index contributed by atoms with van der Waals surface area (Å²) in [6.45, 7) is 2.39. The number of carbonyl (C=O) groups excluding carboxylic acids is 2. The average Bonchev–Trinajstić information content (AvgIpc) is 3.60. The highest BCUT2D eigenvalue weighted by atomic mass is 16.5. The Kier molecular flexibility index (Phi) is 7.32. The van der Waals surface area contributed by atoms with E-state index in [4.69, 9.17) is 18.9 Å². The number of hydrogen-bond acceptors (Lipinski definition) is 8. The van der Waals surface area contributed by atoms with Crippen LogP contribution in [0.1, 0.15) is 59.2 Å². The Hall–Kier alpha value is -4.08. The molecule has 0 bridgehead atoms. The van der Waals surface area contributed by atoms with E-state index in [1.807, 2.05) is 22.2 Å². The topological polar surface area (TPSA) is 102 Å². The molecule has 10 nitrogen and oxygen atoms in total. The number of fused-ring (bicyclic) bond motifs is 4. The highest BCUT2D eigenvalue weighted by Crippen LogP contribution is 2.39. The van der Waals surface area contributed by atoms with E-state index in [0.717, 1.165) is 51.6 Å². The molecule has 2 aromatic carbocycles. The van der Waals surface area contributed by atoms with Gasteiger partial charge in [0.1, 0.15) is 0 Å². The fourth-order valence-corrected chi connectivity index (χ4v) is 5.81. The summed E-state index contributed by atoms with van der Waals surface area (Å²) in [6.07, 6.45) is 9.06. The summed E-state index contributed by atoms with van der Waals surface area (Å²) in [7, 11) is 3.14. The summed E-state index contributed by atoms with van der Waals surface area (Å²) in [4.78, 5) is 39.0. The van der Waals surface area contributed by atoms with E-state index in [2.05, 4.69) is 9.98 Å². The Morgan fingerprint density at radius 3 is 1.57 bits per heavy atom. The molecule has 2 amide bonds. The highest BCUT2D eigenvalue weighted by molar-refractivity contribution is 6.04. The van der Waals surface area contributed by atoms with Crippen molar-refractivity contribution in [2.24, 2.45) is 9.98 Å². The fraction of sp³-hybridized carbons (Fsp3) is 0.467. The predicted molar refractivity (Wildman–Crippen MR) is 151 cm³/mol. The maximum Gasteiger partial charge on any atom is 0.256 e. The molecule has 0 aromatic heterocycles. The molecule has 10 heteroatoms. The Bertz CT molecular complexity index is 1270. The first-order valence-corrected chi connectivity index (χ1v) is 14.0. The number of benzene rings is 2. The predicted octanol–water partition coefficient (Wildman–Crippen LogP) is 4.58. The maximum absolute atomic E-state index is 13.1. The summed E-state index contributed by atoms with van der Waals surface area (Å²) < 4.78 is 23.1. The molecule has 6 rings (SSSR count). The second kappa shape index (κ2) is 11.2. The Balaban J connectivity index is 1.06. The molecule has 0 aliphatic carbocycles. The lowest BCUT2D eigenvalue weighted by molar-refractivity contribution is 0.0766. The molecule has 2 saturated heterocycles. The molecule has 0 saturated carbocycles. The molecular formula is C30H34N4O6. The number of hydrogen-bond donors (Lipinski definition) is 0. The van der Waals surface area contributed by atoms with E-state index in [9.17, 15) is 9.59 Å². The van der Waals surface area contributed by atoms with Crippen LogP contribution in [0, 0.1) is 0 Å². The third-order valence-electron chi connectivity index (χ3n) is 7.97. The lowest BCUT2D eigenvalue weighted by Gasteiger charge is -2.20. The van der Waals surface area contributed by atoms with Gasteiger partial charge in [0.15, 0.2) is 23.0 Å². The standard InChI is InChI=1S/C30H34N4O6/c1-37-25-13-21-23(31-17-19-7-5-9-33(19)29(21)35)15-27(25)39-11-3-4-12-40-28-16-24-22(14-26(28)38-2)30(36)34-10-6-8-20(34)18-32-24/h13-20H,3-12H2,1-2H3/t19-,20-/m0/s1. The van der Waals surface area contributed by atoms with E-state index in [1.54, 1.807) is 38.5 Å². The quantitative estimate of drug-likeness (QED) is 0.427. The van der Waals surface area contributed by atoms with E-state index in [0.29, 0.717) is 58.7 Å². The maximum atomic E-state index is 13.1. The number of amides is 2. The van der Waals surface area contributed by atoms with Crippen molar-refractivity contribution in [3.63, 3.8) is 0 Å². The van der Waals surface area contributed by atoms with Gasteiger partial charge in [0, 0.05) is 37.7 Å². The molecule has 0 N–H and O–H groups in total. The zero-order chi connectivity index (χ0) is 27.6. The number of rotatable bonds is 9. The molecule has 4 aliphatic rings. The third kappa shape index (κ3) is 4.87. The summed E-state index contributed by atoms with van der Waals surface area (Å²) in [5.74, 6) is 2.12. The number of carbonyl (C=O) groups is 2. The molecule has 2 fully saturated rings. The van der Waals surface area contributed by atoms with Crippen LogP contribution in [0.2, 0.25) is 0 Å². The number of nitrogens with zero attached hydrogens (tertiary/aromatic N) is 4. The number of ether oxygens (including phenoxy) is 4. The summed E-state index contributed by atoms with van der Waals surface area (Å²) in [5.41, 5.74) is 2.30. The molecule has 4 aliphatic heterocycles. The second-order valence-electron chi connectivity index (χ2n) is 10.4. The summed E-state index contributed by atoms with van der Waals surface area (Å²) in [6, 6.07) is 7.14. The molecule has 0 spiro atoms. The minimum absolute atomic E-state index is 0.0133. The molecule has 40 heavy (non-hydrogen) atoms. The lowest BCUT2D eigenvalue weighted by Crippen LogP contribution is -2.35. The minimum Gasteiger partial charge on any atom is -0.493 e. The normalized spacial score (nSPS) is 20.9. The van der Waals surface area contributed by atoms with Crippen LogP contribution in [0.15, 0.2) is 34.3 Å². The highest BCUT2D eigenvalue weighted by Gasteiger charge is 2.33. The van der Waals surface area contributed by atoms with Crippen molar-refractivity contribution in [3.05, 3.63) is 35.4 Å². The molecule has 2 atom stereocenters. The van der Waals surface area contributed by atoms with Gasteiger partial charge in [-0.15, -0.1) is 0 Å². The van der Waals surface area contributed by atoms with Gasteiger partial charge in [-0.05, 0) is 50.7 Å². The summed E-state index contributed by atoms with van der Waals surface area (Å²) >= 11 is 0. The Morgan fingerprint density at radius 1 is 0.700 bits per heavy atom. The van der Waals surface area contributed by atoms with Gasteiger partial charge in [0.25, 0.3) is 11.8 Å². The largest absolute Gasteiger partial charge is 0.493 e. The Labute approximate surface area is 233 Å². The van der Waals surface area contributed by atoms with Crippen molar-refractivity contribution in [2.45, 2.75) is 50.6 Å². The van der Waals surface area contributed by atoms with Crippen molar-refractivity contribution in [2.75, 3.05) is 40.5 Å². The monoisotopic (exact) mass is 546 g/mol. The Morgan fingerprint density at radius 2 is 1.15 bits per heavy atom. The lowest BCUT2D eigenvalue weighted by atomic mass is 10.1. The fourth-order valence-electron chi connectivity index (χ4n) is 5.81. The minimum atomic E-state index is -0.0133. The average molecular weight is 547 g/mol.